The van der Waals surface area contributed by atoms with Crippen molar-refractivity contribution in [3.63, 3.8) is 0 Å². The van der Waals surface area contributed by atoms with Crippen molar-refractivity contribution in [2.24, 2.45) is 0 Å². The summed E-state index contributed by atoms with van der Waals surface area (Å²) in [7, 11) is 0. The molecule has 0 N–H and O–H groups in total. The minimum absolute atomic E-state index is 0.0740. The summed E-state index contributed by atoms with van der Waals surface area (Å²) in [6.07, 6.45) is 0.931. The standard InChI is InChI=1S/C16H13Br2ClO/c1-9-2-3-10(7-14(9)17)15(18)13-8-12(19)6-11-4-5-20-16(11)13/h2-3,6-8,15H,4-5H2,1H3. The van der Waals surface area contributed by atoms with Crippen LogP contribution in [-0.4, -0.2) is 6.61 Å². The van der Waals surface area contributed by atoms with E-state index in [1.165, 1.54) is 16.7 Å². The van der Waals surface area contributed by atoms with Crippen LogP contribution < -0.4 is 4.74 Å². The first-order valence-corrected chi connectivity index (χ1v) is 8.50. The van der Waals surface area contributed by atoms with Crippen molar-refractivity contribution >= 4 is 43.5 Å². The lowest BCUT2D eigenvalue weighted by atomic mass is 10.0. The Morgan fingerprint density at radius 3 is 2.80 bits per heavy atom. The molecule has 2 aromatic rings. The summed E-state index contributed by atoms with van der Waals surface area (Å²) in [5, 5.41) is 0.764. The second kappa shape index (κ2) is 5.70. The molecule has 20 heavy (non-hydrogen) atoms. The molecule has 0 spiro atoms. The van der Waals surface area contributed by atoms with Crippen LogP contribution in [0, 0.1) is 6.92 Å². The van der Waals surface area contributed by atoms with E-state index in [0.29, 0.717) is 0 Å². The van der Waals surface area contributed by atoms with Gasteiger partial charge in [-0.05, 0) is 41.8 Å². The van der Waals surface area contributed by atoms with Crippen molar-refractivity contribution in [1.29, 1.82) is 0 Å². The Bertz CT molecular complexity index is 670. The van der Waals surface area contributed by atoms with Crippen LogP contribution in [0.2, 0.25) is 5.02 Å². The van der Waals surface area contributed by atoms with Crippen LogP contribution in [-0.2, 0) is 6.42 Å². The minimum atomic E-state index is 0.0740. The van der Waals surface area contributed by atoms with Crippen LogP contribution in [0.5, 0.6) is 5.75 Å². The van der Waals surface area contributed by atoms with Gasteiger partial charge in [-0.3, -0.25) is 0 Å². The van der Waals surface area contributed by atoms with E-state index in [1.54, 1.807) is 0 Å². The smallest absolute Gasteiger partial charge is 0.127 e. The molecule has 2 aromatic carbocycles. The third-order valence-corrected chi connectivity index (χ3v) is 5.63. The highest BCUT2D eigenvalue weighted by Gasteiger charge is 2.23. The molecule has 0 amide bonds. The van der Waals surface area contributed by atoms with Crippen LogP contribution >= 0.6 is 43.5 Å². The number of fused-ring (bicyclic) bond motifs is 1. The first-order valence-electron chi connectivity index (χ1n) is 6.41. The molecule has 1 heterocycles. The first kappa shape index (κ1) is 14.4. The summed E-state index contributed by atoms with van der Waals surface area (Å²) >= 11 is 13.6. The van der Waals surface area contributed by atoms with E-state index in [4.69, 9.17) is 16.3 Å². The van der Waals surface area contributed by atoms with E-state index in [-0.39, 0.29) is 4.83 Å². The van der Waals surface area contributed by atoms with Gasteiger partial charge in [-0.2, -0.15) is 0 Å². The first-order chi connectivity index (χ1) is 9.56. The fourth-order valence-corrected chi connectivity index (χ4v) is 3.70. The number of hydrogen-bond donors (Lipinski definition) is 0. The second-order valence-electron chi connectivity index (χ2n) is 4.95. The van der Waals surface area contributed by atoms with Gasteiger partial charge in [0.25, 0.3) is 0 Å². The third kappa shape index (κ3) is 2.63. The Kier molecular flexibility index (Phi) is 4.11. The number of rotatable bonds is 2. The maximum atomic E-state index is 6.23. The third-order valence-electron chi connectivity index (χ3n) is 3.54. The van der Waals surface area contributed by atoms with Gasteiger partial charge >= 0.3 is 0 Å². The number of aryl methyl sites for hydroxylation is 1. The van der Waals surface area contributed by atoms with Crippen molar-refractivity contribution in [3.8, 4) is 5.75 Å². The highest BCUT2D eigenvalue weighted by Crippen LogP contribution is 2.43. The topological polar surface area (TPSA) is 9.23 Å². The van der Waals surface area contributed by atoms with Gasteiger partial charge in [-0.1, -0.05) is 55.6 Å². The number of alkyl halides is 1. The van der Waals surface area contributed by atoms with E-state index in [2.05, 4.69) is 57.0 Å². The highest BCUT2D eigenvalue weighted by molar-refractivity contribution is 9.10. The van der Waals surface area contributed by atoms with E-state index < -0.39 is 0 Å². The predicted octanol–water partition coefficient (Wildman–Crippen LogP) is 5.83. The van der Waals surface area contributed by atoms with Crippen molar-refractivity contribution in [3.05, 3.63) is 62.1 Å². The van der Waals surface area contributed by atoms with Crippen LogP contribution in [0.25, 0.3) is 0 Å². The molecule has 1 atom stereocenters. The fraction of sp³-hybridized carbons (Fsp3) is 0.250. The maximum Gasteiger partial charge on any atom is 0.127 e. The normalized spacial score (nSPS) is 14.8. The predicted molar refractivity (Wildman–Crippen MR) is 90.3 cm³/mol. The lowest BCUT2D eigenvalue weighted by molar-refractivity contribution is 0.354. The van der Waals surface area contributed by atoms with Gasteiger partial charge < -0.3 is 4.74 Å². The summed E-state index contributed by atoms with van der Waals surface area (Å²) in [5.41, 5.74) is 4.70. The number of hydrogen-bond acceptors (Lipinski definition) is 1. The van der Waals surface area contributed by atoms with E-state index >= 15 is 0 Å². The molecule has 4 heteroatoms. The van der Waals surface area contributed by atoms with Crippen LogP contribution in [0.1, 0.15) is 27.1 Å². The van der Waals surface area contributed by atoms with Crippen molar-refractivity contribution in [1.82, 2.24) is 0 Å². The molecule has 3 rings (SSSR count). The summed E-state index contributed by atoms with van der Waals surface area (Å²) in [6, 6.07) is 10.4. The van der Waals surface area contributed by atoms with Gasteiger partial charge in [-0.25, -0.2) is 0 Å². The monoisotopic (exact) mass is 414 g/mol. The van der Waals surface area contributed by atoms with Crippen LogP contribution in [0.15, 0.2) is 34.8 Å². The van der Waals surface area contributed by atoms with E-state index in [1.807, 2.05) is 12.1 Å². The zero-order valence-corrected chi connectivity index (χ0v) is 14.8. The molecule has 1 aliphatic rings. The zero-order valence-electron chi connectivity index (χ0n) is 10.9. The molecule has 0 radical (unpaired) electrons. The Morgan fingerprint density at radius 2 is 2.05 bits per heavy atom. The van der Waals surface area contributed by atoms with E-state index in [0.717, 1.165) is 33.8 Å². The molecule has 0 saturated carbocycles. The highest BCUT2D eigenvalue weighted by atomic mass is 79.9. The molecule has 1 unspecified atom stereocenters. The molecule has 104 valence electrons. The summed E-state index contributed by atoms with van der Waals surface area (Å²) in [4.78, 5) is 0.0740. The zero-order chi connectivity index (χ0) is 14.3. The fourth-order valence-electron chi connectivity index (χ4n) is 2.43. The summed E-state index contributed by atoms with van der Waals surface area (Å²) in [6.45, 7) is 2.82. The Hall–Kier alpha value is -0.510. The average molecular weight is 417 g/mol. The van der Waals surface area contributed by atoms with Crippen molar-refractivity contribution in [2.45, 2.75) is 18.2 Å². The molecule has 1 aliphatic heterocycles. The van der Waals surface area contributed by atoms with Gasteiger partial charge in [-0.15, -0.1) is 0 Å². The minimum Gasteiger partial charge on any atom is -0.493 e. The Balaban J connectivity index is 2.06. The van der Waals surface area contributed by atoms with Crippen molar-refractivity contribution in [2.75, 3.05) is 6.61 Å². The molecule has 0 aromatic heterocycles. The largest absolute Gasteiger partial charge is 0.493 e. The van der Waals surface area contributed by atoms with Gasteiger partial charge in [0.2, 0.25) is 0 Å². The van der Waals surface area contributed by atoms with Gasteiger partial charge in [0.15, 0.2) is 0 Å². The maximum absolute atomic E-state index is 6.23. The molecule has 0 fully saturated rings. The van der Waals surface area contributed by atoms with Gasteiger partial charge in [0.05, 0.1) is 11.4 Å². The molecular formula is C16H13Br2ClO. The van der Waals surface area contributed by atoms with E-state index in [9.17, 15) is 0 Å². The quantitative estimate of drug-likeness (QED) is 0.560. The number of ether oxygens (including phenoxy) is 1. The molecule has 0 saturated heterocycles. The summed E-state index contributed by atoms with van der Waals surface area (Å²) < 4.78 is 6.89. The SMILES string of the molecule is Cc1ccc(C(Br)c2cc(Cl)cc3c2OCC3)cc1Br. The number of benzene rings is 2. The summed E-state index contributed by atoms with van der Waals surface area (Å²) in [5.74, 6) is 0.980. The molecule has 1 nitrogen and oxygen atoms in total. The lowest BCUT2D eigenvalue weighted by Crippen LogP contribution is -1.97. The molecule has 0 bridgehead atoms. The van der Waals surface area contributed by atoms with Gasteiger partial charge in [0.1, 0.15) is 5.75 Å². The molecule has 0 aliphatic carbocycles. The Labute approximate surface area is 140 Å². The Morgan fingerprint density at radius 1 is 1.25 bits per heavy atom. The average Bonchev–Trinajstić information content (AvgIpc) is 2.88. The van der Waals surface area contributed by atoms with Crippen LogP contribution in [0.4, 0.5) is 0 Å². The number of halogens is 3. The second-order valence-corrected chi connectivity index (χ2v) is 7.16. The van der Waals surface area contributed by atoms with Crippen molar-refractivity contribution < 1.29 is 4.74 Å². The lowest BCUT2D eigenvalue weighted by Gasteiger charge is -2.16. The van der Waals surface area contributed by atoms with Crippen LogP contribution in [0.3, 0.4) is 0 Å². The molecular weight excluding hydrogens is 403 g/mol. The van der Waals surface area contributed by atoms with Gasteiger partial charge in [0, 0.05) is 21.5 Å².